The van der Waals surface area contributed by atoms with Crippen molar-refractivity contribution in [3.63, 3.8) is 0 Å². The van der Waals surface area contributed by atoms with Crippen LogP contribution in [0.5, 0.6) is 0 Å². The zero-order chi connectivity index (χ0) is 11.0. The van der Waals surface area contributed by atoms with Crippen molar-refractivity contribution < 1.29 is 0 Å². The number of rotatable bonds is 1. The van der Waals surface area contributed by atoms with Gasteiger partial charge in [-0.3, -0.25) is 4.68 Å². The Labute approximate surface area is 96.6 Å². The number of nitrogens with one attached hydrogen (secondary N) is 1. The molecule has 1 aromatic heterocycles. The fourth-order valence-electron chi connectivity index (χ4n) is 3.13. The Balaban J connectivity index is 1.77. The van der Waals surface area contributed by atoms with Gasteiger partial charge in [-0.2, -0.15) is 5.10 Å². The molecule has 2 aliphatic rings. The van der Waals surface area contributed by atoms with Gasteiger partial charge in [-0.25, -0.2) is 0 Å². The van der Waals surface area contributed by atoms with E-state index in [1.165, 1.54) is 31.4 Å². The van der Waals surface area contributed by atoms with Gasteiger partial charge < -0.3 is 10.2 Å². The van der Waals surface area contributed by atoms with E-state index in [1.807, 2.05) is 17.9 Å². The Hall–Kier alpha value is -1.03. The second kappa shape index (κ2) is 3.77. The zero-order valence-corrected chi connectivity index (χ0v) is 9.95. The van der Waals surface area contributed by atoms with Crippen LogP contribution in [0.2, 0.25) is 0 Å². The number of piperazine rings is 1. The van der Waals surface area contributed by atoms with Gasteiger partial charge in [-0.1, -0.05) is 12.8 Å². The van der Waals surface area contributed by atoms with Gasteiger partial charge in [0.05, 0.1) is 11.9 Å². The lowest BCUT2D eigenvalue weighted by Crippen LogP contribution is -2.59. The first-order valence-electron chi connectivity index (χ1n) is 6.26. The molecule has 1 aliphatic heterocycles. The summed E-state index contributed by atoms with van der Waals surface area (Å²) in [6.45, 7) is 3.36. The summed E-state index contributed by atoms with van der Waals surface area (Å²) in [7, 11) is 1.98. The topological polar surface area (TPSA) is 33.1 Å². The summed E-state index contributed by atoms with van der Waals surface area (Å²) < 4.78 is 1.89. The van der Waals surface area contributed by atoms with Crippen LogP contribution in [0.15, 0.2) is 12.4 Å². The van der Waals surface area contributed by atoms with Crippen LogP contribution in [0.4, 0.5) is 5.69 Å². The second-order valence-electron chi connectivity index (χ2n) is 5.21. The van der Waals surface area contributed by atoms with E-state index in [1.54, 1.807) is 0 Å². The number of hydrogen-bond donors (Lipinski definition) is 1. The Kier molecular flexibility index (Phi) is 2.39. The molecule has 3 rings (SSSR count). The van der Waals surface area contributed by atoms with E-state index < -0.39 is 0 Å². The lowest BCUT2D eigenvalue weighted by Gasteiger charge is -2.42. The van der Waals surface area contributed by atoms with E-state index in [2.05, 4.69) is 21.5 Å². The molecule has 0 bridgehead atoms. The van der Waals surface area contributed by atoms with E-state index in [0.29, 0.717) is 5.54 Å². The van der Waals surface area contributed by atoms with Crippen LogP contribution in [0.3, 0.4) is 0 Å². The molecule has 0 atom stereocenters. The largest absolute Gasteiger partial charge is 0.366 e. The lowest BCUT2D eigenvalue weighted by atomic mass is 9.94. The monoisotopic (exact) mass is 220 g/mol. The van der Waals surface area contributed by atoms with Gasteiger partial charge >= 0.3 is 0 Å². The van der Waals surface area contributed by atoms with Gasteiger partial charge in [0.15, 0.2) is 0 Å². The summed E-state index contributed by atoms with van der Waals surface area (Å²) in [5.41, 5.74) is 1.67. The van der Waals surface area contributed by atoms with Crippen LogP contribution in [0.25, 0.3) is 0 Å². The fraction of sp³-hybridized carbons (Fsp3) is 0.750. The molecule has 1 aromatic rings. The molecule has 2 fully saturated rings. The summed E-state index contributed by atoms with van der Waals surface area (Å²) in [6, 6.07) is 0. The number of aromatic nitrogens is 2. The van der Waals surface area contributed by atoms with Crippen molar-refractivity contribution in [1.29, 1.82) is 0 Å². The maximum Gasteiger partial charge on any atom is 0.0753 e. The predicted molar refractivity (Wildman–Crippen MR) is 64.6 cm³/mol. The summed E-state index contributed by atoms with van der Waals surface area (Å²) >= 11 is 0. The zero-order valence-electron chi connectivity index (χ0n) is 9.95. The van der Waals surface area contributed by atoms with Gasteiger partial charge in [0.2, 0.25) is 0 Å². The van der Waals surface area contributed by atoms with Crippen LogP contribution < -0.4 is 10.2 Å². The maximum atomic E-state index is 4.26. The second-order valence-corrected chi connectivity index (χ2v) is 5.21. The van der Waals surface area contributed by atoms with Crippen molar-refractivity contribution >= 4 is 5.69 Å². The SMILES string of the molecule is Cn1cc(N2CCNC3(CCCC3)C2)cn1. The molecule has 1 spiro atoms. The third-order valence-electron chi connectivity index (χ3n) is 3.99. The molecule has 16 heavy (non-hydrogen) atoms. The number of aryl methyl sites for hydroxylation is 1. The molecule has 0 unspecified atom stereocenters. The number of hydrogen-bond acceptors (Lipinski definition) is 3. The normalized spacial score (nSPS) is 24.2. The molecule has 1 aliphatic carbocycles. The van der Waals surface area contributed by atoms with Crippen LogP contribution in [-0.2, 0) is 7.05 Å². The van der Waals surface area contributed by atoms with Crippen molar-refractivity contribution in [3.05, 3.63) is 12.4 Å². The highest BCUT2D eigenvalue weighted by molar-refractivity contribution is 5.43. The molecule has 2 heterocycles. The van der Waals surface area contributed by atoms with E-state index in [0.717, 1.165) is 19.6 Å². The first-order chi connectivity index (χ1) is 7.77. The van der Waals surface area contributed by atoms with Crippen molar-refractivity contribution in [3.8, 4) is 0 Å². The molecule has 4 heteroatoms. The predicted octanol–water partition coefficient (Wildman–Crippen LogP) is 1.14. The van der Waals surface area contributed by atoms with Crippen molar-refractivity contribution in [1.82, 2.24) is 15.1 Å². The standard InChI is InChI=1S/C12H20N4/c1-15-9-11(8-14-15)16-7-6-13-12(10-16)4-2-3-5-12/h8-9,13H,2-7,10H2,1H3. The third-order valence-corrected chi connectivity index (χ3v) is 3.99. The first kappa shape index (κ1) is 10.1. The summed E-state index contributed by atoms with van der Waals surface area (Å²) in [4.78, 5) is 2.48. The molecular weight excluding hydrogens is 200 g/mol. The van der Waals surface area contributed by atoms with Gasteiger partial charge in [0.1, 0.15) is 0 Å². The summed E-state index contributed by atoms with van der Waals surface area (Å²) in [6.07, 6.45) is 9.54. The highest BCUT2D eigenvalue weighted by Gasteiger charge is 2.37. The van der Waals surface area contributed by atoms with E-state index in [9.17, 15) is 0 Å². The van der Waals surface area contributed by atoms with Crippen LogP contribution in [0.1, 0.15) is 25.7 Å². The maximum absolute atomic E-state index is 4.26. The summed E-state index contributed by atoms with van der Waals surface area (Å²) in [5, 5.41) is 7.99. The van der Waals surface area contributed by atoms with Crippen LogP contribution in [0, 0.1) is 0 Å². The van der Waals surface area contributed by atoms with E-state index >= 15 is 0 Å². The molecule has 1 N–H and O–H groups in total. The molecule has 0 aromatic carbocycles. The number of nitrogens with zero attached hydrogens (tertiary/aromatic N) is 3. The highest BCUT2D eigenvalue weighted by Crippen LogP contribution is 2.33. The van der Waals surface area contributed by atoms with Gasteiger partial charge in [-0.05, 0) is 12.8 Å². The Morgan fingerprint density at radius 3 is 2.88 bits per heavy atom. The first-order valence-corrected chi connectivity index (χ1v) is 6.26. The molecule has 4 nitrogen and oxygen atoms in total. The van der Waals surface area contributed by atoms with Crippen molar-refractivity contribution in [2.24, 2.45) is 7.05 Å². The van der Waals surface area contributed by atoms with Crippen LogP contribution in [-0.4, -0.2) is 35.0 Å². The minimum absolute atomic E-state index is 0.397. The quantitative estimate of drug-likeness (QED) is 0.770. The Morgan fingerprint density at radius 1 is 1.38 bits per heavy atom. The van der Waals surface area contributed by atoms with Crippen LogP contribution >= 0.6 is 0 Å². The Bertz CT molecular complexity index is 365. The minimum Gasteiger partial charge on any atom is -0.366 e. The van der Waals surface area contributed by atoms with E-state index in [-0.39, 0.29) is 0 Å². The minimum atomic E-state index is 0.397. The third kappa shape index (κ3) is 1.71. The molecule has 1 saturated carbocycles. The van der Waals surface area contributed by atoms with Crippen molar-refractivity contribution in [2.45, 2.75) is 31.2 Å². The molecule has 0 radical (unpaired) electrons. The number of anilines is 1. The Morgan fingerprint density at radius 2 is 2.19 bits per heavy atom. The van der Waals surface area contributed by atoms with E-state index in [4.69, 9.17) is 0 Å². The average molecular weight is 220 g/mol. The van der Waals surface area contributed by atoms with Gasteiger partial charge in [0.25, 0.3) is 0 Å². The average Bonchev–Trinajstić information content (AvgIpc) is 2.89. The molecule has 0 amide bonds. The lowest BCUT2D eigenvalue weighted by molar-refractivity contribution is 0.304. The molecule has 1 saturated heterocycles. The molecular formula is C12H20N4. The smallest absolute Gasteiger partial charge is 0.0753 e. The van der Waals surface area contributed by atoms with Gasteiger partial charge in [-0.15, -0.1) is 0 Å². The highest BCUT2D eigenvalue weighted by atomic mass is 15.3. The molecule has 88 valence electrons. The van der Waals surface area contributed by atoms with Gasteiger partial charge in [0, 0.05) is 38.4 Å². The fourth-order valence-corrected chi connectivity index (χ4v) is 3.13. The summed E-state index contributed by atoms with van der Waals surface area (Å²) in [5.74, 6) is 0. The van der Waals surface area contributed by atoms with Crippen molar-refractivity contribution in [2.75, 3.05) is 24.5 Å².